The molecule has 0 radical (unpaired) electrons. The van der Waals surface area contributed by atoms with E-state index in [1.165, 1.54) is 12.1 Å². The van der Waals surface area contributed by atoms with Crippen molar-refractivity contribution in [1.29, 1.82) is 0 Å². The average molecular weight is 345 g/mol. The molecule has 0 spiro atoms. The summed E-state index contributed by atoms with van der Waals surface area (Å²) in [5, 5.41) is 3.08. The topological polar surface area (TPSA) is 35.6 Å². The van der Waals surface area contributed by atoms with E-state index < -0.39 is 11.6 Å². The number of hydrogen-bond donors (Lipinski definition) is 1. The van der Waals surface area contributed by atoms with E-state index in [0.717, 1.165) is 30.4 Å². The average Bonchev–Trinajstić information content (AvgIpc) is 2.59. The largest absolute Gasteiger partial charge is 0.381 e. The molecule has 132 valence electrons. The van der Waals surface area contributed by atoms with Crippen LogP contribution in [0, 0.1) is 11.6 Å². The van der Waals surface area contributed by atoms with E-state index in [4.69, 9.17) is 0 Å². The summed E-state index contributed by atoms with van der Waals surface area (Å²) >= 11 is 0. The van der Waals surface area contributed by atoms with Gasteiger partial charge in [0.05, 0.1) is 0 Å². The second kappa shape index (κ2) is 7.51. The lowest BCUT2D eigenvalue weighted by atomic mass is 10.1. The van der Waals surface area contributed by atoms with Gasteiger partial charge in [0.25, 0.3) is 0 Å². The molecule has 4 nitrogen and oxygen atoms in total. The number of anilines is 2. The van der Waals surface area contributed by atoms with Crippen molar-refractivity contribution in [2.24, 2.45) is 0 Å². The van der Waals surface area contributed by atoms with Gasteiger partial charge in [0.1, 0.15) is 11.6 Å². The second-order valence-corrected chi connectivity index (χ2v) is 6.13. The van der Waals surface area contributed by atoms with Crippen molar-refractivity contribution in [2.75, 3.05) is 36.4 Å². The minimum Gasteiger partial charge on any atom is -0.381 e. The molecule has 25 heavy (non-hydrogen) atoms. The molecular formula is C19H21F2N3O. The summed E-state index contributed by atoms with van der Waals surface area (Å²) < 4.78 is 26.6. The maximum atomic E-state index is 13.3. The van der Waals surface area contributed by atoms with Gasteiger partial charge in [-0.05, 0) is 23.8 Å². The van der Waals surface area contributed by atoms with Crippen LogP contribution >= 0.6 is 0 Å². The monoisotopic (exact) mass is 345 g/mol. The molecule has 1 aliphatic heterocycles. The first-order valence-corrected chi connectivity index (χ1v) is 8.31. The molecule has 1 saturated heterocycles. The summed E-state index contributed by atoms with van der Waals surface area (Å²) in [6.45, 7) is 4.99. The highest BCUT2D eigenvalue weighted by Crippen LogP contribution is 2.23. The van der Waals surface area contributed by atoms with E-state index in [1.54, 1.807) is 6.92 Å². The highest BCUT2D eigenvalue weighted by atomic mass is 19.1. The van der Waals surface area contributed by atoms with Crippen LogP contribution in [-0.4, -0.2) is 37.0 Å². The SMILES string of the molecule is CC(=O)N1CCN(c2ccccc2CNc2cc(F)cc(F)c2)CC1. The first kappa shape index (κ1) is 17.2. The smallest absolute Gasteiger partial charge is 0.219 e. The maximum absolute atomic E-state index is 13.3. The van der Waals surface area contributed by atoms with E-state index in [-0.39, 0.29) is 5.91 Å². The summed E-state index contributed by atoms with van der Waals surface area (Å²) in [5.41, 5.74) is 2.53. The molecule has 0 aliphatic carbocycles. The summed E-state index contributed by atoms with van der Waals surface area (Å²) in [6, 6.07) is 11.3. The molecule has 0 aromatic heterocycles. The number of carbonyl (C=O) groups excluding carboxylic acids is 1. The minimum atomic E-state index is -0.601. The minimum absolute atomic E-state index is 0.0998. The van der Waals surface area contributed by atoms with Crippen molar-refractivity contribution in [2.45, 2.75) is 13.5 Å². The van der Waals surface area contributed by atoms with E-state index in [9.17, 15) is 13.6 Å². The molecule has 1 aliphatic rings. The van der Waals surface area contributed by atoms with Crippen LogP contribution in [0.5, 0.6) is 0 Å². The number of para-hydroxylation sites is 1. The number of benzene rings is 2. The summed E-state index contributed by atoms with van der Waals surface area (Å²) in [4.78, 5) is 15.5. The van der Waals surface area contributed by atoms with Gasteiger partial charge in [0, 0.05) is 57.1 Å². The molecule has 0 saturated carbocycles. The lowest BCUT2D eigenvalue weighted by Crippen LogP contribution is -2.48. The Hall–Kier alpha value is -2.63. The predicted octanol–water partition coefficient (Wildman–Crippen LogP) is 3.25. The van der Waals surface area contributed by atoms with Gasteiger partial charge in [-0.25, -0.2) is 8.78 Å². The van der Waals surface area contributed by atoms with Crippen LogP contribution in [0.25, 0.3) is 0 Å². The second-order valence-electron chi connectivity index (χ2n) is 6.13. The quantitative estimate of drug-likeness (QED) is 0.924. The van der Waals surface area contributed by atoms with Crippen LogP contribution in [0.15, 0.2) is 42.5 Å². The molecule has 2 aromatic carbocycles. The summed E-state index contributed by atoms with van der Waals surface area (Å²) in [5.74, 6) is -1.10. The molecule has 1 fully saturated rings. The Morgan fingerprint density at radius 2 is 1.68 bits per heavy atom. The van der Waals surface area contributed by atoms with Crippen LogP contribution in [0.3, 0.4) is 0 Å². The van der Waals surface area contributed by atoms with Crippen LogP contribution in [-0.2, 0) is 11.3 Å². The van der Waals surface area contributed by atoms with Gasteiger partial charge in [-0.3, -0.25) is 4.79 Å². The Labute approximate surface area is 146 Å². The first-order valence-electron chi connectivity index (χ1n) is 8.31. The molecule has 1 N–H and O–H groups in total. The van der Waals surface area contributed by atoms with Crippen LogP contribution in [0.2, 0.25) is 0 Å². The predicted molar refractivity (Wildman–Crippen MR) is 94.6 cm³/mol. The number of nitrogens with zero attached hydrogens (tertiary/aromatic N) is 2. The van der Waals surface area contributed by atoms with Crippen molar-refractivity contribution in [3.05, 3.63) is 59.7 Å². The fourth-order valence-electron chi connectivity index (χ4n) is 3.08. The maximum Gasteiger partial charge on any atom is 0.219 e. The molecule has 0 unspecified atom stereocenters. The van der Waals surface area contributed by atoms with E-state index in [0.29, 0.717) is 25.3 Å². The van der Waals surface area contributed by atoms with Crippen molar-refractivity contribution in [1.82, 2.24) is 4.90 Å². The van der Waals surface area contributed by atoms with Crippen LogP contribution in [0.1, 0.15) is 12.5 Å². The molecule has 6 heteroatoms. The number of rotatable bonds is 4. The van der Waals surface area contributed by atoms with Crippen molar-refractivity contribution in [3.8, 4) is 0 Å². The van der Waals surface area contributed by atoms with Crippen molar-refractivity contribution < 1.29 is 13.6 Å². The Morgan fingerprint density at radius 1 is 1.04 bits per heavy atom. The zero-order chi connectivity index (χ0) is 17.8. The molecule has 1 heterocycles. The normalized spacial score (nSPS) is 14.5. The number of piperazine rings is 1. The summed E-state index contributed by atoms with van der Waals surface area (Å²) in [6.07, 6.45) is 0. The molecule has 2 aromatic rings. The molecule has 0 atom stereocenters. The van der Waals surface area contributed by atoms with Gasteiger partial charge < -0.3 is 15.1 Å². The molecule has 1 amide bonds. The lowest BCUT2D eigenvalue weighted by molar-refractivity contribution is -0.129. The fraction of sp³-hybridized carbons (Fsp3) is 0.316. The Bertz CT molecular complexity index is 738. The third kappa shape index (κ3) is 4.26. The number of carbonyl (C=O) groups is 1. The van der Waals surface area contributed by atoms with Gasteiger partial charge in [0.2, 0.25) is 5.91 Å². The zero-order valence-corrected chi connectivity index (χ0v) is 14.1. The third-order valence-electron chi connectivity index (χ3n) is 4.40. The highest BCUT2D eigenvalue weighted by Gasteiger charge is 2.20. The van der Waals surface area contributed by atoms with Crippen molar-refractivity contribution in [3.63, 3.8) is 0 Å². The van der Waals surface area contributed by atoms with Crippen molar-refractivity contribution >= 4 is 17.3 Å². The molecule has 3 rings (SSSR count). The first-order chi connectivity index (χ1) is 12.0. The number of nitrogens with one attached hydrogen (secondary N) is 1. The van der Waals surface area contributed by atoms with Gasteiger partial charge in [-0.15, -0.1) is 0 Å². The lowest BCUT2D eigenvalue weighted by Gasteiger charge is -2.36. The van der Waals surface area contributed by atoms with E-state index in [2.05, 4.69) is 10.2 Å². The summed E-state index contributed by atoms with van der Waals surface area (Å²) in [7, 11) is 0. The van der Waals surface area contributed by atoms with Crippen LogP contribution < -0.4 is 10.2 Å². The molecule has 0 bridgehead atoms. The number of halogens is 2. The highest BCUT2D eigenvalue weighted by molar-refractivity contribution is 5.73. The third-order valence-corrected chi connectivity index (χ3v) is 4.40. The Morgan fingerprint density at radius 3 is 2.32 bits per heavy atom. The van der Waals surface area contributed by atoms with E-state index >= 15 is 0 Å². The molecular weight excluding hydrogens is 324 g/mol. The zero-order valence-electron chi connectivity index (χ0n) is 14.1. The number of hydrogen-bond acceptors (Lipinski definition) is 3. The Balaban J connectivity index is 1.70. The fourth-order valence-corrected chi connectivity index (χ4v) is 3.08. The van der Waals surface area contributed by atoms with E-state index in [1.807, 2.05) is 29.2 Å². The van der Waals surface area contributed by atoms with Crippen LogP contribution in [0.4, 0.5) is 20.2 Å². The Kier molecular flexibility index (Phi) is 5.16. The van der Waals surface area contributed by atoms with Gasteiger partial charge in [-0.1, -0.05) is 18.2 Å². The van der Waals surface area contributed by atoms with Gasteiger partial charge >= 0.3 is 0 Å². The van der Waals surface area contributed by atoms with Gasteiger partial charge in [-0.2, -0.15) is 0 Å². The number of amides is 1. The van der Waals surface area contributed by atoms with Gasteiger partial charge in [0.15, 0.2) is 0 Å². The standard InChI is InChI=1S/C19H21F2N3O/c1-14(25)23-6-8-24(9-7-23)19-5-3-2-4-15(19)13-22-18-11-16(20)10-17(21)12-18/h2-5,10-12,22H,6-9,13H2,1H3.